The minimum absolute atomic E-state index is 0.0476. The summed E-state index contributed by atoms with van der Waals surface area (Å²) >= 11 is 1.38. The lowest BCUT2D eigenvalue weighted by molar-refractivity contribution is 0.102. The first-order valence-electron chi connectivity index (χ1n) is 4.57. The van der Waals surface area contributed by atoms with E-state index < -0.39 is 0 Å². The van der Waals surface area contributed by atoms with Crippen molar-refractivity contribution in [1.82, 2.24) is 9.97 Å². The average Bonchev–Trinajstić information content (AvgIpc) is 2.66. The number of nitrogens with zero attached hydrogens (tertiary/aromatic N) is 2. The third-order valence-corrected chi connectivity index (χ3v) is 3.08. The van der Waals surface area contributed by atoms with E-state index in [0.717, 1.165) is 16.4 Å². The van der Waals surface area contributed by atoms with Gasteiger partial charge in [-0.05, 0) is 19.1 Å². The maximum Gasteiger partial charge on any atom is 0.171 e. The molecule has 0 aliphatic carbocycles. The van der Waals surface area contributed by atoms with Crippen molar-refractivity contribution in [3.05, 3.63) is 35.0 Å². The summed E-state index contributed by atoms with van der Waals surface area (Å²) in [5.74, 6) is 0.0476. The Morgan fingerprint density at radius 3 is 2.80 bits per heavy atom. The molecule has 4 heteroatoms. The number of Topliss-reactive ketones (excluding diaryl/α,β-unsaturated/α-hetero) is 1. The average molecular weight is 218 g/mol. The number of aryl methyl sites for hydroxylation is 1. The molecule has 0 fully saturated rings. The van der Waals surface area contributed by atoms with E-state index in [1.165, 1.54) is 11.3 Å². The summed E-state index contributed by atoms with van der Waals surface area (Å²) in [6.45, 7) is 3.48. The van der Waals surface area contributed by atoms with Gasteiger partial charge >= 0.3 is 0 Å². The van der Waals surface area contributed by atoms with Gasteiger partial charge in [0.05, 0.1) is 10.6 Å². The zero-order chi connectivity index (χ0) is 10.8. The molecule has 0 aliphatic heterocycles. The molecule has 3 nitrogen and oxygen atoms in total. The van der Waals surface area contributed by atoms with Crippen LogP contribution < -0.4 is 0 Å². The van der Waals surface area contributed by atoms with E-state index in [0.29, 0.717) is 4.88 Å². The molecule has 0 N–H and O–H groups in total. The van der Waals surface area contributed by atoms with E-state index in [-0.39, 0.29) is 5.78 Å². The second-order valence-electron chi connectivity index (χ2n) is 3.25. The minimum Gasteiger partial charge on any atom is -0.294 e. The highest BCUT2D eigenvalue weighted by Gasteiger charge is 2.08. The van der Waals surface area contributed by atoms with Crippen molar-refractivity contribution >= 4 is 17.1 Å². The number of pyridine rings is 1. The van der Waals surface area contributed by atoms with Crippen LogP contribution in [-0.2, 0) is 0 Å². The van der Waals surface area contributed by atoms with Gasteiger partial charge in [0.15, 0.2) is 5.78 Å². The van der Waals surface area contributed by atoms with Crippen molar-refractivity contribution in [3.63, 3.8) is 0 Å². The van der Waals surface area contributed by atoms with Crippen LogP contribution in [0, 0.1) is 6.92 Å². The van der Waals surface area contributed by atoms with Gasteiger partial charge in [-0.15, -0.1) is 11.3 Å². The predicted octanol–water partition coefficient (Wildman–Crippen LogP) is 2.72. The fourth-order valence-electron chi connectivity index (χ4n) is 1.22. The van der Waals surface area contributed by atoms with E-state index in [1.807, 2.05) is 25.1 Å². The molecule has 0 aromatic carbocycles. The molecule has 2 aromatic rings. The Bertz CT molecular complexity index is 505. The Morgan fingerprint density at radius 2 is 2.20 bits per heavy atom. The predicted molar refractivity (Wildman–Crippen MR) is 60.1 cm³/mol. The van der Waals surface area contributed by atoms with Crippen molar-refractivity contribution < 1.29 is 4.79 Å². The van der Waals surface area contributed by atoms with Crippen LogP contribution in [-0.4, -0.2) is 15.8 Å². The maximum absolute atomic E-state index is 11.1. The quantitative estimate of drug-likeness (QED) is 0.728. The molecular formula is C11H10N2OS. The van der Waals surface area contributed by atoms with Crippen molar-refractivity contribution in [2.24, 2.45) is 0 Å². The Labute approximate surface area is 91.8 Å². The third-order valence-electron chi connectivity index (χ3n) is 1.96. The third kappa shape index (κ3) is 2.10. The van der Waals surface area contributed by atoms with Crippen molar-refractivity contribution in [2.75, 3.05) is 0 Å². The molecule has 0 atom stereocenters. The first-order chi connectivity index (χ1) is 7.16. The largest absolute Gasteiger partial charge is 0.294 e. The Kier molecular flexibility index (Phi) is 2.60. The molecule has 0 saturated carbocycles. The van der Waals surface area contributed by atoms with Gasteiger partial charge in [-0.2, -0.15) is 0 Å². The van der Waals surface area contributed by atoms with Gasteiger partial charge < -0.3 is 0 Å². The number of thiazole rings is 1. The van der Waals surface area contributed by atoms with Gasteiger partial charge in [-0.3, -0.25) is 9.78 Å². The van der Waals surface area contributed by atoms with Crippen molar-refractivity contribution in [3.8, 4) is 10.7 Å². The molecule has 0 bridgehead atoms. The lowest BCUT2D eigenvalue weighted by Gasteiger charge is -1.95. The number of carbonyl (C=O) groups excluding carboxylic acids is 1. The van der Waals surface area contributed by atoms with Crippen molar-refractivity contribution in [1.29, 1.82) is 0 Å². The van der Waals surface area contributed by atoms with Crippen LogP contribution in [0.25, 0.3) is 10.7 Å². The standard InChI is InChI=1S/C11H10N2OS/c1-7-4-3-5-9(13-7)11-12-6-10(15-11)8(2)14/h3-6H,1-2H3. The summed E-state index contributed by atoms with van der Waals surface area (Å²) in [6, 6.07) is 5.77. The molecule has 2 rings (SSSR count). The normalized spacial score (nSPS) is 10.3. The van der Waals surface area contributed by atoms with E-state index in [4.69, 9.17) is 0 Å². The van der Waals surface area contributed by atoms with Gasteiger partial charge in [0.25, 0.3) is 0 Å². The summed E-state index contributed by atoms with van der Waals surface area (Å²) in [6.07, 6.45) is 1.60. The van der Waals surface area contributed by atoms with Gasteiger partial charge in [0.2, 0.25) is 0 Å². The molecule has 0 saturated heterocycles. The lowest BCUT2D eigenvalue weighted by Crippen LogP contribution is -1.84. The van der Waals surface area contributed by atoms with Gasteiger partial charge in [-0.1, -0.05) is 6.07 Å². The summed E-state index contributed by atoms with van der Waals surface area (Å²) in [5, 5.41) is 0.795. The SMILES string of the molecule is CC(=O)c1cnc(-c2cccc(C)n2)s1. The van der Waals surface area contributed by atoms with Crippen LogP contribution in [0.4, 0.5) is 0 Å². The number of hydrogen-bond donors (Lipinski definition) is 0. The van der Waals surface area contributed by atoms with E-state index in [1.54, 1.807) is 13.1 Å². The summed E-state index contributed by atoms with van der Waals surface area (Å²) < 4.78 is 0. The minimum atomic E-state index is 0.0476. The van der Waals surface area contributed by atoms with Crippen LogP contribution >= 0.6 is 11.3 Å². The van der Waals surface area contributed by atoms with Crippen LogP contribution in [0.5, 0.6) is 0 Å². The van der Waals surface area contributed by atoms with Crippen molar-refractivity contribution in [2.45, 2.75) is 13.8 Å². The van der Waals surface area contributed by atoms with Crippen LogP contribution in [0.3, 0.4) is 0 Å². The molecule has 76 valence electrons. The molecular weight excluding hydrogens is 208 g/mol. The van der Waals surface area contributed by atoms with Gasteiger partial charge in [0.1, 0.15) is 5.01 Å². The first-order valence-corrected chi connectivity index (χ1v) is 5.39. The molecule has 0 aliphatic rings. The van der Waals surface area contributed by atoms with E-state index >= 15 is 0 Å². The number of ketones is 1. The van der Waals surface area contributed by atoms with E-state index in [2.05, 4.69) is 9.97 Å². The monoisotopic (exact) mass is 218 g/mol. The molecule has 2 heterocycles. The molecule has 0 unspecified atom stereocenters. The zero-order valence-corrected chi connectivity index (χ0v) is 9.34. The highest BCUT2D eigenvalue weighted by molar-refractivity contribution is 7.16. The first kappa shape index (κ1) is 9.98. The fourth-order valence-corrected chi connectivity index (χ4v) is 2.00. The Morgan fingerprint density at radius 1 is 1.40 bits per heavy atom. The summed E-state index contributed by atoms with van der Waals surface area (Å²) in [5.41, 5.74) is 1.78. The highest BCUT2D eigenvalue weighted by atomic mass is 32.1. The topological polar surface area (TPSA) is 42.9 Å². The molecule has 0 spiro atoms. The van der Waals surface area contributed by atoms with E-state index in [9.17, 15) is 4.79 Å². The van der Waals surface area contributed by atoms with Gasteiger partial charge in [0, 0.05) is 18.8 Å². The summed E-state index contributed by atoms with van der Waals surface area (Å²) in [7, 11) is 0. The Balaban J connectivity index is 2.41. The summed E-state index contributed by atoms with van der Waals surface area (Å²) in [4.78, 5) is 20.3. The van der Waals surface area contributed by atoms with Crippen LogP contribution in [0.15, 0.2) is 24.4 Å². The van der Waals surface area contributed by atoms with Crippen LogP contribution in [0.1, 0.15) is 22.3 Å². The maximum atomic E-state index is 11.1. The number of carbonyl (C=O) groups is 1. The second-order valence-corrected chi connectivity index (χ2v) is 4.28. The van der Waals surface area contributed by atoms with Gasteiger partial charge in [-0.25, -0.2) is 4.98 Å². The number of aromatic nitrogens is 2. The fraction of sp³-hybridized carbons (Fsp3) is 0.182. The molecule has 15 heavy (non-hydrogen) atoms. The molecule has 0 amide bonds. The molecule has 0 radical (unpaired) electrons. The highest BCUT2D eigenvalue weighted by Crippen LogP contribution is 2.23. The number of hydrogen-bond acceptors (Lipinski definition) is 4. The van der Waals surface area contributed by atoms with Crippen LogP contribution in [0.2, 0.25) is 0 Å². The zero-order valence-electron chi connectivity index (χ0n) is 8.52. The lowest BCUT2D eigenvalue weighted by atomic mass is 10.3. The smallest absolute Gasteiger partial charge is 0.171 e. The Hall–Kier alpha value is -1.55. The number of rotatable bonds is 2. The second kappa shape index (κ2) is 3.90. The molecule has 2 aromatic heterocycles.